The van der Waals surface area contributed by atoms with Gasteiger partial charge in [-0.05, 0) is 25.0 Å². The minimum Gasteiger partial charge on any atom is -0.383 e. The van der Waals surface area contributed by atoms with Gasteiger partial charge in [0.2, 0.25) is 0 Å². The van der Waals surface area contributed by atoms with E-state index in [0.29, 0.717) is 23.1 Å². The molecule has 25 heavy (non-hydrogen) atoms. The number of anilines is 1. The molecule has 0 spiro atoms. The van der Waals surface area contributed by atoms with E-state index in [4.69, 9.17) is 10.3 Å². The average molecular weight is 335 g/mol. The number of fused-ring (bicyclic) bond motifs is 1. The van der Waals surface area contributed by atoms with Gasteiger partial charge in [-0.25, -0.2) is 4.98 Å². The molecule has 2 N–H and O–H groups in total. The van der Waals surface area contributed by atoms with Crippen LogP contribution in [0.3, 0.4) is 0 Å². The van der Waals surface area contributed by atoms with Gasteiger partial charge in [-0.15, -0.1) is 0 Å². The Hall–Kier alpha value is -3.16. The van der Waals surface area contributed by atoms with Crippen LogP contribution in [0.2, 0.25) is 0 Å². The largest absolute Gasteiger partial charge is 0.383 e. The highest BCUT2D eigenvalue weighted by Gasteiger charge is 2.35. The standard InChI is InChI=1S/C17H17N7O/c1-23-8-6-10(20-23)12-15(22-25-16(12)9-3-4-9)14-13-11(24(2)21-14)5-7-19-17(13)18/h5-9H,3-4H2,1-2H3,(H2,18,19). The monoisotopic (exact) mass is 335 g/mol. The Morgan fingerprint density at radius 3 is 2.72 bits per heavy atom. The molecule has 0 aliphatic heterocycles. The molecule has 0 radical (unpaired) electrons. The highest BCUT2D eigenvalue weighted by molar-refractivity contribution is 6.01. The first-order valence-electron chi connectivity index (χ1n) is 8.20. The van der Waals surface area contributed by atoms with Crippen molar-refractivity contribution in [2.45, 2.75) is 18.8 Å². The Kier molecular flexibility index (Phi) is 2.79. The molecule has 8 nitrogen and oxygen atoms in total. The Morgan fingerprint density at radius 1 is 1.16 bits per heavy atom. The first-order chi connectivity index (χ1) is 12.1. The first-order valence-corrected chi connectivity index (χ1v) is 8.20. The van der Waals surface area contributed by atoms with Crippen molar-refractivity contribution in [3.05, 3.63) is 30.3 Å². The lowest BCUT2D eigenvalue weighted by molar-refractivity contribution is 0.387. The van der Waals surface area contributed by atoms with E-state index in [2.05, 4.69) is 20.3 Å². The molecule has 1 aliphatic rings. The van der Waals surface area contributed by atoms with Gasteiger partial charge in [0.25, 0.3) is 0 Å². The van der Waals surface area contributed by atoms with Gasteiger partial charge in [-0.2, -0.15) is 10.2 Å². The highest BCUT2D eigenvalue weighted by atomic mass is 16.5. The SMILES string of the molecule is Cn1ccc(-c2c(-c3nn(C)c4ccnc(N)c34)noc2C2CC2)n1. The van der Waals surface area contributed by atoms with Gasteiger partial charge in [0.1, 0.15) is 23.0 Å². The van der Waals surface area contributed by atoms with Gasteiger partial charge in [0, 0.05) is 32.4 Å². The normalized spacial score (nSPS) is 14.5. The lowest BCUT2D eigenvalue weighted by atomic mass is 10.0. The van der Waals surface area contributed by atoms with Crippen LogP contribution < -0.4 is 5.73 Å². The predicted octanol–water partition coefficient (Wildman–Crippen LogP) is 2.48. The summed E-state index contributed by atoms with van der Waals surface area (Å²) in [6.07, 6.45) is 5.82. The summed E-state index contributed by atoms with van der Waals surface area (Å²) >= 11 is 0. The molecule has 0 saturated heterocycles. The summed E-state index contributed by atoms with van der Waals surface area (Å²) in [5, 5.41) is 14.3. The molecular formula is C17H17N7O. The Morgan fingerprint density at radius 2 is 2.00 bits per heavy atom. The quantitative estimate of drug-likeness (QED) is 0.617. The summed E-state index contributed by atoms with van der Waals surface area (Å²) in [4.78, 5) is 4.21. The fraction of sp³-hybridized carbons (Fsp3) is 0.294. The molecule has 5 rings (SSSR count). The number of hydrogen-bond acceptors (Lipinski definition) is 6. The second-order valence-electron chi connectivity index (χ2n) is 6.48. The number of nitrogens with two attached hydrogens (primary N) is 1. The second kappa shape index (κ2) is 4.92. The van der Waals surface area contributed by atoms with Crippen molar-refractivity contribution in [2.24, 2.45) is 14.1 Å². The van der Waals surface area contributed by atoms with Gasteiger partial charge < -0.3 is 10.3 Å². The molecule has 1 fully saturated rings. The molecule has 0 amide bonds. The smallest absolute Gasteiger partial charge is 0.149 e. The van der Waals surface area contributed by atoms with Gasteiger partial charge in [-0.3, -0.25) is 9.36 Å². The van der Waals surface area contributed by atoms with Crippen LogP contribution in [0.5, 0.6) is 0 Å². The van der Waals surface area contributed by atoms with Crippen molar-refractivity contribution < 1.29 is 4.52 Å². The van der Waals surface area contributed by atoms with Crippen molar-refractivity contribution >= 4 is 16.7 Å². The Balaban J connectivity index is 1.81. The van der Waals surface area contributed by atoms with E-state index in [-0.39, 0.29) is 0 Å². The molecule has 0 atom stereocenters. The van der Waals surface area contributed by atoms with Gasteiger partial charge in [0.15, 0.2) is 0 Å². The molecule has 4 aromatic rings. The van der Waals surface area contributed by atoms with Crippen LogP contribution in [0, 0.1) is 0 Å². The third-order valence-corrected chi connectivity index (χ3v) is 4.65. The summed E-state index contributed by atoms with van der Waals surface area (Å²) < 4.78 is 9.29. The van der Waals surface area contributed by atoms with Crippen LogP contribution in [0.25, 0.3) is 33.5 Å². The van der Waals surface area contributed by atoms with Crippen LogP contribution in [-0.2, 0) is 14.1 Å². The minimum absolute atomic E-state index is 0.406. The molecule has 0 aromatic carbocycles. The first kappa shape index (κ1) is 14.2. The number of pyridine rings is 1. The Bertz CT molecular complexity index is 1100. The van der Waals surface area contributed by atoms with Crippen LogP contribution in [0.1, 0.15) is 24.5 Å². The van der Waals surface area contributed by atoms with E-state index in [0.717, 1.165) is 40.8 Å². The van der Waals surface area contributed by atoms with Crippen LogP contribution in [0.15, 0.2) is 29.0 Å². The number of aryl methyl sites for hydroxylation is 2. The van der Waals surface area contributed by atoms with Crippen molar-refractivity contribution in [2.75, 3.05) is 5.73 Å². The zero-order valence-electron chi connectivity index (χ0n) is 14.0. The van der Waals surface area contributed by atoms with E-state index < -0.39 is 0 Å². The molecular weight excluding hydrogens is 318 g/mol. The van der Waals surface area contributed by atoms with E-state index in [1.165, 1.54) is 0 Å². The summed E-state index contributed by atoms with van der Waals surface area (Å²) in [5.74, 6) is 1.72. The molecule has 1 saturated carbocycles. The molecule has 4 aromatic heterocycles. The zero-order valence-corrected chi connectivity index (χ0v) is 14.0. The van der Waals surface area contributed by atoms with Gasteiger partial charge in [-0.1, -0.05) is 5.16 Å². The molecule has 0 unspecified atom stereocenters. The van der Waals surface area contributed by atoms with Crippen molar-refractivity contribution in [3.8, 4) is 22.6 Å². The fourth-order valence-electron chi connectivity index (χ4n) is 3.28. The van der Waals surface area contributed by atoms with Crippen LogP contribution in [0.4, 0.5) is 5.82 Å². The summed E-state index contributed by atoms with van der Waals surface area (Å²) in [6, 6.07) is 3.86. The summed E-state index contributed by atoms with van der Waals surface area (Å²) in [5.41, 5.74) is 10.1. The van der Waals surface area contributed by atoms with Crippen LogP contribution >= 0.6 is 0 Å². The number of aromatic nitrogens is 6. The third kappa shape index (κ3) is 2.07. The number of rotatable bonds is 3. The summed E-state index contributed by atoms with van der Waals surface area (Å²) in [6.45, 7) is 0. The van der Waals surface area contributed by atoms with Crippen molar-refractivity contribution in [1.29, 1.82) is 0 Å². The predicted molar refractivity (Wildman–Crippen MR) is 92.6 cm³/mol. The average Bonchev–Trinajstić information content (AvgIpc) is 3.04. The second-order valence-corrected chi connectivity index (χ2v) is 6.48. The lowest BCUT2D eigenvalue weighted by Crippen LogP contribution is -1.93. The zero-order chi connectivity index (χ0) is 17.1. The fourth-order valence-corrected chi connectivity index (χ4v) is 3.28. The highest BCUT2D eigenvalue weighted by Crippen LogP contribution is 2.48. The maximum atomic E-state index is 6.14. The van der Waals surface area contributed by atoms with Crippen molar-refractivity contribution in [3.63, 3.8) is 0 Å². The van der Waals surface area contributed by atoms with E-state index in [9.17, 15) is 0 Å². The third-order valence-electron chi connectivity index (χ3n) is 4.65. The van der Waals surface area contributed by atoms with E-state index in [1.807, 2.05) is 32.4 Å². The lowest BCUT2D eigenvalue weighted by Gasteiger charge is -2.00. The Labute approximate surface area is 143 Å². The van der Waals surface area contributed by atoms with Crippen molar-refractivity contribution in [1.82, 2.24) is 29.7 Å². The molecule has 0 bridgehead atoms. The van der Waals surface area contributed by atoms with E-state index in [1.54, 1.807) is 15.6 Å². The van der Waals surface area contributed by atoms with E-state index >= 15 is 0 Å². The molecule has 126 valence electrons. The number of nitrogens with zero attached hydrogens (tertiary/aromatic N) is 6. The topological polar surface area (TPSA) is 101 Å². The molecule has 1 aliphatic carbocycles. The minimum atomic E-state index is 0.406. The maximum absolute atomic E-state index is 6.14. The number of hydrogen-bond donors (Lipinski definition) is 1. The maximum Gasteiger partial charge on any atom is 0.149 e. The summed E-state index contributed by atoms with van der Waals surface area (Å²) in [7, 11) is 3.78. The van der Waals surface area contributed by atoms with Gasteiger partial charge in [0.05, 0.1) is 22.2 Å². The van der Waals surface area contributed by atoms with Crippen LogP contribution in [-0.4, -0.2) is 29.7 Å². The molecule has 8 heteroatoms. The number of nitrogen functional groups attached to an aromatic ring is 1. The molecule has 4 heterocycles. The van der Waals surface area contributed by atoms with Gasteiger partial charge >= 0.3 is 0 Å².